The summed E-state index contributed by atoms with van der Waals surface area (Å²) >= 11 is 6.01. The van der Waals surface area contributed by atoms with E-state index in [-0.39, 0.29) is 12.7 Å². The molecular weight excluding hydrogens is 573 g/mol. The van der Waals surface area contributed by atoms with Gasteiger partial charge in [-0.3, -0.25) is 4.79 Å². The highest BCUT2D eigenvalue weighted by Crippen LogP contribution is 2.22. The molecule has 0 bridgehead atoms. The summed E-state index contributed by atoms with van der Waals surface area (Å²) in [6.07, 6.45) is 1.24. The van der Waals surface area contributed by atoms with Crippen molar-refractivity contribution in [3.8, 4) is 5.88 Å². The van der Waals surface area contributed by atoms with Crippen LogP contribution in [0.5, 0.6) is 5.88 Å². The number of pyridine rings is 1. The third-order valence-electron chi connectivity index (χ3n) is 6.36. The zero-order valence-corrected chi connectivity index (χ0v) is 25.4. The summed E-state index contributed by atoms with van der Waals surface area (Å²) in [4.78, 5) is 15.9. The Kier molecular flexibility index (Phi) is 18.7. The fraction of sp³-hybridized carbons (Fsp3) is 0.567. The van der Waals surface area contributed by atoms with Crippen LogP contribution >= 0.6 is 11.6 Å². The van der Waals surface area contributed by atoms with Gasteiger partial charge in [-0.2, -0.15) is 18.2 Å². The number of ether oxygens (including phenoxy) is 2. The van der Waals surface area contributed by atoms with E-state index in [9.17, 15) is 13.2 Å². The van der Waals surface area contributed by atoms with Gasteiger partial charge in [0.15, 0.2) is 0 Å². The van der Waals surface area contributed by atoms with E-state index in [0.29, 0.717) is 35.6 Å². The minimum absolute atomic E-state index is 0.130. The molecule has 1 fully saturated rings. The van der Waals surface area contributed by atoms with Crippen LogP contribution in [0, 0.1) is 5.41 Å². The Hall–Kier alpha value is -2.73. The first-order valence-corrected chi connectivity index (χ1v) is 14.5. The van der Waals surface area contributed by atoms with Crippen molar-refractivity contribution in [1.82, 2.24) is 9.88 Å². The highest BCUT2D eigenvalue weighted by Gasteiger charge is 2.25. The fourth-order valence-electron chi connectivity index (χ4n) is 4.12. The molecule has 0 saturated carbocycles. The van der Waals surface area contributed by atoms with Crippen LogP contribution in [0.15, 0.2) is 36.4 Å². The number of aromatic nitrogens is 1. The van der Waals surface area contributed by atoms with Gasteiger partial charge in [-0.25, -0.2) is 0 Å². The molecular formula is C30H44ClF3N4O4. The molecule has 1 saturated heterocycles. The Labute approximate surface area is 252 Å². The lowest BCUT2D eigenvalue weighted by molar-refractivity contribution is -0.156. The second-order valence-corrected chi connectivity index (χ2v) is 9.96. The summed E-state index contributed by atoms with van der Waals surface area (Å²) in [5.41, 5.74) is 2.24. The monoisotopic (exact) mass is 616 g/mol. The van der Waals surface area contributed by atoms with Crippen molar-refractivity contribution in [1.29, 1.82) is 5.41 Å². The minimum atomic E-state index is -4.64. The predicted octanol–water partition coefficient (Wildman–Crippen LogP) is 6.53. The molecule has 42 heavy (non-hydrogen) atoms. The van der Waals surface area contributed by atoms with Crippen molar-refractivity contribution < 1.29 is 32.5 Å². The third kappa shape index (κ3) is 15.5. The van der Waals surface area contributed by atoms with Gasteiger partial charge >= 0.3 is 6.18 Å². The van der Waals surface area contributed by atoms with E-state index < -0.39 is 12.5 Å². The molecule has 0 aliphatic carbocycles. The Morgan fingerprint density at radius 3 is 2.31 bits per heavy atom. The largest absolute Gasteiger partial charge is 0.474 e. The maximum absolute atomic E-state index is 10.4. The number of hydrogen-bond acceptors (Lipinski definition) is 8. The summed E-state index contributed by atoms with van der Waals surface area (Å²) in [6.45, 7) is 9.21. The lowest BCUT2D eigenvalue weighted by Gasteiger charge is -2.26. The molecule has 1 aliphatic rings. The van der Waals surface area contributed by atoms with E-state index in [4.69, 9.17) is 41.4 Å². The van der Waals surface area contributed by atoms with Crippen molar-refractivity contribution in [2.45, 2.75) is 71.2 Å². The maximum atomic E-state index is 10.4. The molecule has 12 heteroatoms. The third-order valence-corrected chi connectivity index (χ3v) is 6.61. The van der Waals surface area contributed by atoms with Crippen LogP contribution in [0.3, 0.4) is 0 Å². The van der Waals surface area contributed by atoms with E-state index in [0.717, 1.165) is 44.0 Å². The SMILES string of the molecule is CCC(CC)Oc1ccc(C(=N)COCCCN2CCCCC2)c(NCc2ccc(Cl)cc2)n1.CO.O=CC(F)(F)F. The molecule has 8 nitrogen and oxygen atoms in total. The van der Waals surface area contributed by atoms with Crippen LogP contribution in [0.2, 0.25) is 5.02 Å². The van der Waals surface area contributed by atoms with Crippen LogP contribution in [0.4, 0.5) is 19.0 Å². The first-order chi connectivity index (χ1) is 20.1. The molecule has 0 radical (unpaired) electrons. The zero-order valence-electron chi connectivity index (χ0n) is 24.7. The van der Waals surface area contributed by atoms with Gasteiger partial charge in [0.25, 0.3) is 0 Å². The number of aldehydes is 1. The van der Waals surface area contributed by atoms with Crippen LogP contribution < -0.4 is 10.1 Å². The number of carbonyl (C=O) groups excluding carboxylic acids is 1. The number of alkyl halides is 3. The predicted molar refractivity (Wildman–Crippen MR) is 161 cm³/mol. The summed E-state index contributed by atoms with van der Waals surface area (Å²) < 4.78 is 43.2. The fourth-order valence-corrected chi connectivity index (χ4v) is 4.25. The molecule has 0 unspecified atom stereocenters. The zero-order chi connectivity index (χ0) is 31.4. The lowest BCUT2D eigenvalue weighted by Crippen LogP contribution is -2.31. The van der Waals surface area contributed by atoms with E-state index in [1.54, 1.807) is 0 Å². The van der Waals surface area contributed by atoms with Gasteiger partial charge in [-0.15, -0.1) is 0 Å². The Balaban J connectivity index is 0.000000979. The second-order valence-electron chi connectivity index (χ2n) is 9.53. The molecule has 0 spiro atoms. The minimum Gasteiger partial charge on any atom is -0.474 e. The Bertz CT molecular complexity index is 1030. The number of nitrogens with zero attached hydrogens (tertiary/aromatic N) is 2. The van der Waals surface area contributed by atoms with Crippen molar-refractivity contribution in [3.63, 3.8) is 0 Å². The van der Waals surface area contributed by atoms with E-state index in [1.807, 2.05) is 36.4 Å². The number of anilines is 1. The summed E-state index contributed by atoms with van der Waals surface area (Å²) in [5, 5.41) is 19.7. The number of nitrogens with one attached hydrogen (secondary N) is 2. The molecule has 2 aromatic rings. The normalized spacial score (nSPS) is 13.4. The van der Waals surface area contributed by atoms with Gasteiger partial charge in [0, 0.05) is 43.5 Å². The number of aliphatic hydroxyl groups is 1. The number of rotatable bonds is 14. The first-order valence-electron chi connectivity index (χ1n) is 14.2. The molecule has 236 valence electrons. The average molecular weight is 617 g/mol. The number of likely N-dealkylation sites (tertiary alicyclic amines) is 1. The molecule has 0 amide bonds. The molecule has 1 aromatic heterocycles. The molecule has 0 atom stereocenters. The van der Waals surface area contributed by atoms with Crippen LogP contribution in [-0.4, -0.2) is 79.2 Å². The molecule has 1 aliphatic heterocycles. The number of hydrogen-bond donors (Lipinski definition) is 3. The quantitative estimate of drug-likeness (QED) is 0.126. The Morgan fingerprint density at radius 1 is 1.12 bits per heavy atom. The topological polar surface area (TPSA) is 108 Å². The van der Waals surface area contributed by atoms with Crippen molar-refractivity contribution in [3.05, 3.63) is 52.5 Å². The summed E-state index contributed by atoms with van der Waals surface area (Å²) in [7, 11) is 1.00. The van der Waals surface area contributed by atoms with Gasteiger partial charge in [0.2, 0.25) is 12.2 Å². The molecule has 3 rings (SSSR count). The summed E-state index contributed by atoms with van der Waals surface area (Å²) in [6, 6.07) is 11.5. The van der Waals surface area contributed by atoms with Crippen LogP contribution in [0.25, 0.3) is 0 Å². The highest BCUT2D eigenvalue weighted by molar-refractivity contribution is 6.30. The van der Waals surface area contributed by atoms with Crippen LogP contribution in [-0.2, 0) is 16.1 Å². The van der Waals surface area contributed by atoms with Gasteiger partial charge in [0.1, 0.15) is 5.82 Å². The van der Waals surface area contributed by atoms with E-state index in [1.165, 1.54) is 32.4 Å². The van der Waals surface area contributed by atoms with Crippen molar-refractivity contribution >= 4 is 29.4 Å². The lowest BCUT2D eigenvalue weighted by atomic mass is 10.1. The smallest absolute Gasteiger partial charge is 0.446 e. The van der Waals surface area contributed by atoms with E-state index >= 15 is 0 Å². The van der Waals surface area contributed by atoms with Crippen molar-refractivity contribution in [2.24, 2.45) is 0 Å². The standard InChI is InChI=1S/C27H39ClN4O2.C2HF3O.CH4O/c1-3-23(4-2)34-26-14-13-24(27(31-26)30-19-21-9-11-22(28)12-10-21)25(29)20-33-18-8-17-32-15-6-5-7-16-32;3-2(4,5)1-6;1-2/h9-14,23,29H,3-8,15-20H2,1-2H3,(H,30,31);1H;2H,1H3. The van der Waals surface area contributed by atoms with Gasteiger partial charge in [0.05, 0.1) is 18.4 Å². The maximum Gasteiger partial charge on any atom is 0.446 e. The Morgan fingerprint density at radius 2 is 1.74 bits per heavy atom. The van der Waals surface area contributed by atoms with Gasteiger partial charge < -0.3 is 30.2 Å². The number of benzene rings is 1. The van der Waals surface area contributed by atoms with Crippen LogP contribution in [0.1, 0.15) is 63.5 Å². The van der Waals surface area contributed by atoms with E-state index in [2.05, 4.69) is 24.1 Å². The molecule has 1 aromatic carbocycles. The number of piperidine rings is 1. The average Bonchev–Trinajstić information content (AvgIpc) is 3.01. The first kappa shape index (κ1) is 37.3. The van der Waals surface area contributed by atoms with Crippen molar-refractivity contribution in [2.75, 3.05) is 45.3 Å². The summed E-state index contributed by atoms with van der Waals surface area (Å²) in [5.74, 6) is 1.21. The molecule has 3 N–H and O–H groups in total. The highest BCUT2D eigenvalue weighted by atomic mass is 35.5. The van der Waals surface area contributed by atoms with Gasteiger partial charge in [-0.1, -0.05) is 44.0 Å². The van der Waals surface area contributed by atoms with Gasteiger partial charge in [-0.05, 0) is 69.0 Å². The number of carbonyl (C=O) groups is 1. The number of halogens is 4. The second kappa shape index (κ2) is 21.0. The number of aliphatic hydroxyl groups excluding tert-OH is 1. The molecule has 2 heterocycles.